The summed E-state index contributed by atoms with van der Waals surface area (Å²) in [6.45, 7) is 4.10. The van der Waals surface area contributed by atoms with Gasteiger partial charge in [-0.15, -0.1) is 0 Å². The van der Waals surface area contributed by atoms with Gasteiger partial charge < -0.3 is 10.4 Å². The molecule has 0 saturated heterocycles. The highest BCUT2D eigenvalue weighted by Crippen LogP contribution is 2.11. The Morgan fingerprint density at radius 1 is 1.29 bits per heavy atom. The molecular weight excluding hydrogens is 273 g/mol. The summed E-state index contributed by atoms with van der Waals surface area (Å²) in [4.78, 5) is 19.0. The third-order valence-corrected chi connectivity index (χ3v) is 3.06. The van der Waals surface area contributed by atoms with E-state index in [2.05, 4.69) is 15.3 Å². The van der Waals surface area contributed by atoms with Crippen LogP contribution in [0.1, 0.15) is 27.3 Å². The largest absolute Gasteiger partial charge is 0.477 e. The van der Waals surface area contributed by atoms with Crippen LogP contribution in [0.15, 0.2) is 24.3 Å². The number of aromatic nitrogens is 2. The van der Waals surface area contributed by atoms with Crippen LogP contribution in [0, 0.1) is 19.7 Å². The molecule has 1 aromatic carbocycles. The predicted molar refractivity (Wildman–Crippen MR) is 77.1 cm³/mol. The number of hydrogen-bond acceptors (Lipinski definition) is 4. The molecule has 1 aromatic heterocycles. The molecule has 0 fully saturated rings. The third kappa shape index (κ3) is 3.98. The van der Waals surface area contributed by atoms with Gasteiger partial charge in [0.2, 0.25) is 5.95 Å². The van der Waals surface area contributed by atoms with E-state index in [0.29, 0.717) is 18.7 Å². The number of aromatic carboxylic acids is 1. The fourth-order valence-corrected chi connectivity index (χ4v) is 2.01. The number of aryl methyl sites for hydroxylation is 2. The number of benzene rings is 1. The van der Waals surface area contributed by atoms with Crippen molar-refractivity contribution in [2.45, 2.75) is 20.3 Å². The van der Waals surface area contributed by atoms with Gasteiger partial charge in [0.1, 0.15) is 5.82 Å². The maximum Gasteiger partial charge on any atom is 0.354 e. The van der Waals surface area contributed by atoms with E-state index in [1.54, 1.807) is 13.0 Å². The fraction of sp³-hybridized carbons (Fsp3) is 0.267. The zero-order valence-electron chi connectivity index (χ0n) is 11.9. The molecule has 0 unspecified atom stereocenters. The third-order valence-electron chi connectivity index (χ3n) is 3.06. The lowest BCUT2D eigenvalue weighted by atomic mass is 10.1. The Labute approximate surface area is 121 Å². The molecule has 0 bridgehead atoms. The Bertz CT molecular complexity index is 674. The van der Waals surface area contributed by atoms with E-state index < -0.39 is 5.97 Å². The number of anilines is 1. The van der Waals surface area contributed by atoms with Gasteiger partial charge in [0.05, 0.1) is 0 Å². The Kier molecular flexibility index (Phi) is 4.47. The molecule has 2 N–H and O–H groups in total. The van der Waals surface area contributed by atoms with Crippen molar-refractivity contribution in [3.8, 4) is 0 Å². The SMILES string of the molecule is Cc1cc(C(=O)O)nc(NCCc2ccc(F)cc2C)n1. The maximum absolute atomic E-state index is 13.0. The van der Waals surface area contributed by atoms with Crippen molar-refractivity contribution in [1.82, 2.24) is 9.97 Å². The van der Waals surface area contributed by atoms with Crippen LogP contribution in [-0.4, -0.2) is 27.6 Å². The van der Waals surface area contributed by atoms with Gasteiger partial charge in [0.25, 0.3) is 0 Å². The van der Waals surface area contributed by atoms with Crippen LogP contribution in [0.25, 0.3) is 0 Å². The molecule has 0 radical (unpaired) electrons. The van der Waals surface area contributed by atoms with Crippen molar-refractivity contribution in [1.29, 1.82) is 0 Å². The normalized spacial score (nSPS) is 10.4. The minimum atomic E-state index is -1.09. The van der Waals surface area contributed by atoms with E-state index in [0.717, 1.165) is 11.1 Å². The van der Waals surface area contributed by atoms with E-state index in [4.69, 9.17) is 5.11 Å². The molecule has 0 aliphatic rings. The standard InChI is InChI=1S/C15H16FN3O2/c1-9-7-12(16)4-3-11(9)5-6-17-15-18-10(2)8-13(19-15)14(20)21/h3-4,7-8H,5-6H2,1-2H3,(H,20,21)(H,17,18,19). The summed E-state index contributed by atoms with van der Waals surface area (Å²) in [5, 5.41) is 11.9. The molecule has 110 valence electrons. The average molecular weight is 289 g/mol. The molecule has 0 aliphatic carbocycles. The molecule has 0 aliphatic heterocycles. The molecular formula is C15H16FN3O2. The number of carboxylic acids is 1. The van der Waals surface area contributed by atoms with Crippen molar-refractivity contribution in [3.63, 3.8) is 0 Å². The van der Waals surface area contributed by atoms with E-state index in [9.17, 15) is 9.18 Å². The Hall–Kier alpha value is -2.50. The minimum absolute atomic E-state index is 0.0389. The van der Waals surface area contributed by atoms with E-state index >= 15 is 0 Å². The molecule has 21 heavy (non-hydrogen) atoms. The van der Waals surface area contributed by atoms with Crippen LogP contribution in [0.4, 0.5) is 10.3 Å². The Balaban J connectivity index is 2.01. The second-order valence-electron chi connectivity index (χ2n) is 4.77. The van der Waals surface area contributed by atoms with Crippen molar-refractivity contribution in [2.24, 2.45) is 0 Å². The van der Waals surface area contributed by atoms with Crippen LogP contribution < -0.4 is 5.32 Å². The van der Waals surface area contributed by atoms with Gasteiger partial charge in [-0.25, -0.2) is 19.2 Å². The van der Waals surface area contributed by atoms with Crippen molar-refractivity contribution in [3.05, 3.63) is 52.6 Å². The smallest absolute Gasteiger partial charge is 0.354 e. The van der Waals surface area contributed by atoms with E-state index in [-0.39, 0.29) is 17.5 Å². The first-order valence-corrected chi connectivity index (χ1v) is 6.53. The summed E-state index contributed by atoms with van der Waals surface area (Å²) < 4.78 is 13.0. The summed E-state index contributed by atoms with van der Waals surface area (Å²) in [7, 11) is 0. The lowest BCUT2D eigenvalue weighted by Crippen LogP contribution is -2.12. The Morgan fingerprint density at radius 3 is 2.71 bits per heavy atom. The Morgan fingerprint density at radius 2 is 2.05 bits per heavy atom. The molecule has 0 spiro atoms. The van der Waals surface area contributed by atoms with Crippen molar-refractivity contribution >= 4 is 11.9 Å². The number of hydrogen-bond donors (Lipinski definition) is 2. The molecule has 2 rings (SSSR count). The molecule has 0 amide bonds. The highest BCUT2D eigenvalue weighted by molar-refractivity contribution is 5.85. The number of carboxylic acid groups (broad SMARTS) is 1. The first-order chi connectivity index (χ1) is 9.95. The lowest BCUT2D eigenvalue weighted by Gasteiger charge is -2.08. The summed E-state index contributed by atoms with van der Waals surface area (Å²) in [6.07, 6.45) is 0.672. The molecule has 5 nitrogen and oxygen atoms in total. The molecule has 6 heteroatoms. The van der Waals surface area contributed by atoms with E-state index in [1.807, 2.05) is 6.92 Å². The zero-order valence-corrected chi connectivity index (χ0v) is 11.9. The summed E-state index contributed by atoms with van der Waals surface area (Å²) >= 11 is 0. The van der Waals surface area contributed by atoms with Crippen LogP contribution in [0.2, 0.25) is 0 Å². The summed E-state index contributed by atoms with van der Waals surface area (Å²) in [6, 6.07) is 6.07. The van der Waals surface area contributed by atoms with Crippen molar-refractivity contribution < 1.29 is 14.3 Å². The van der Waals surface area contributed by atoms with Gasteiger partial charge in [-0.1, -0.05) is 6.07 Å². The quantitative estimate of drug-likeness (QED) is 0.885. The second-order valence-corrected chi connectivity index (χ2v) is 4.77. The number of nitrogens with zero attached hydrogens (tertiary/aromatic N) is 2. The van der Waals surface area contributed by atoms with Gasteiger partial charge in [0, 0.05) is 12.2 Å². The first kappa shape index (κ1) is 14.9. The summed E-state index contributed by atoms with van der Waals surface area (Å²) in [5.41, 5.74) is 2.45. The number of nitrogens with one attached hydrogen (secondary N) is 1. The lowest BCUT2D eigenvalue weighted by molar-refractivity contribution is 0.0690. The highest BCUT2D eigenvalue weighted by atomic mass is 19.1. The van der Waals surface area contributed by atoms with Crippen LogP contribution in [-0.2, 0) is 6.42 Å². The molecule has 0 atom stereocenters. The van der Waals surface area contributed by atoms with Crippen LogP contribution in [0.5, 0.6) is 0 Å². The first-order valence-electron chi connectivity index (χ1n) is 6.53. The van der Waals surface area contributed by atoms with Crippen molar-refractivity contribution in [2.75, 3.05) is 11.9 Å². The molecule has 1 heterocycles. The molecule has 0 saturated carbocycles. The number of carbonyl (C=O) groups is 1. The van der Waals surface area contributed by atoms with Gasteiger partial charge in [-0.3, -0.25) is 0 Å². The maximum atomic E-state index is 13.0. The van der Waals surface area contributed by atoms with Gasteiger partial charge in [0.15, 0.2) is 5.69 Å². The minimum Gasteiger partial charge on any atom is -0.477 e. The van der Waals surface area contributed by atoms with Gasteiger partial charge in [-0.05, 0) is 49.6 Å². The summed E-state index contributed by atoms with van der Waals surface area (Å²) in [5.74, 6) is -1.05. The van der Waals surface area contributed by atoms with Gasteiger partial charge in [-0.2, -0.15) is 0 Å². The topological polar surface area (TPSA) is 75.1 Å². The highest BCUT2D eigenvalue weighted by Gasteiger charge is 2.08. The fourth-order valence-electron chi connectivity index (χ4n) is 2.01. The second kappa shape index (κ2) is 6.30. The zero-order chi connectivity index (χ0) is 15.4. The molecule has 2 aromatic rings. The van der Waals surface area contributed by atoms with E-state index in [1.165, 1.54) is 18.2 Å². The monoisotopic (exact) mass is 289 g/mol. The average Bonchev–Trinajstić information content (AvgIpc) is 2.40. The van der Waals surface area contributed by atoms with Gasteiger partial charge >= 0.3 is 5.97 Å². The predicted octanol–water partition coefficient (Wildman–Crippen LogP) is 2.59. The number of halogens is 1. The van der Waals surface area contributed by atoms with Crippen LogP contribution >= 0.6 is 0 Å². The van der Waals surface area contributed by atoms with Crippen LogP contribution in [0.3, 0.4) is 0 Å². The number of rotatable bonds is 5.